The maximum Gasteiger partial charge on any atom is 0.257 e. The van der Waals surface area contributed by atoms with Crippen molar-refractivity contribution < 1.29 is 28.9 Å². The highest BCUT2D eigenvalue weighted by Crippen LogP contribution is 2.34. The Morgan fingerprint density at radius 2 is 1.53 bits per heavy atom. The van der Waals surface area contributed by atoms with E-state index in [-0.39, 0.29) is 31.0 Å². The number of carbonyl (C=O) groups is 2. The van der Waals surface area contributed by atoms with E-state index < -0.39 is 42.4 Å². The van der Waals surface area contributed by atoms with Crippen LogP contribution in [0.25, 0.3) is 10.4 Å². The van der Waals surface area contributed by atoms with Gasteiger partial charge in [-0.1, -0.05) is 65.8 Å². The molecule has 0 bridgehead atoms. The van der Waals surface area contributed by atoms with Gasteiger partial charge in [-0.05, 0) is 30.5 Å². The molecule has 2 aromatic rings. The fraction of sp³-hybridized carbons (Fsp3) is 0.385. The predicted molar refractivity (Wildman–Crippen MR) is 129 cm³/mol. The number of rotatable bonds is 9. The topological polar surface area (TPSA) is 134 Å². The van der Waals surface area contributed by atoms with Gasteiger partial charge < -0.3 is 19.3 Å². The second-order valence-corrected chi connectivity index (χ2v) is 8.74. The summed E-state index contributed by atoms with van der Waals surface area (Å²) in [6.45, 7) is 3.46. The zero-order chi connectivity index (χ0) is 25.7. The highest BCUT2D eigenvalue weighted by Gasteiger charge is 2.53. The first-order chi connectivity index (χ1) is 17.4. The third kappa shape index (κ3) is 5.33. The number of amides is 2. The van der Waals surface area contributed by atoms with Crippen LogP contribution >= 0.6 is 0 Å². The third-order valence-electron chi connectivity index (χ3n) is 6.44. The van der Waals surface area contributed by atoms with E-state index >= 15 is 0 Å². The highest BCUT2D eigenvalue weighted by molar-refractivity contribution is 6.19. The van der Waals surface area contributed by atoms with Gasteiger partial charge in [0, 0.05) is 16.1 Å². The smallest absolute Gasteiger partial charge is 0.257 e. The largest absolute Gasteiger partial charge is 0.388 e. The minimum atomic E-state index is -1.28. The second-order valence-electron chi connectivity index (χ2n) is 8.74. The van der Waals surface area contributed by atoms with Crippen LogP contribution in [0.15, 0.2) is 76.9 Å². The number of hydrogen-bond donors (Lipinski definition) is 1. The van der Waals surface area contributed by atoms with Gasteiger partial charge in [-0.2, -0.15) is 0 Å². The lowest BCUT2D eigenvalue weighted by atomic mass is 9.94. The summed E-state index contributed by atoms with van der Waals surface area (Å²) in [5.41, 5.74) is 11.6. The SMILES string of the molecule is CC1=C(C)C(=O)N([C@@H]2[C@@H](OCc3ccccc3)[C@H](O)[C@@H](COCc3ccccc3)O[C@H]2N=[N+]=[N-])C1=O. The molecule has 10 nitrogen and oxygen atoms in total. The van der Waals surface area contributed by atoms with Crippen molar-refractivity contribution in [3.05, 3.63) is 93.4 Å². The molecule has 2 aliphatic heterocycles. The van der Waals surface area contributed by atoms with E-state index in [4.69, 9.17) is 14.2 Å². The fourth-order valence-electron chi connectivity index (χ4n) is 4.35. The van der Waals surface area contributed by atoms with Crippen molar-refractivity contribution >= 4 is 11.8 Å². The first-order valence-electron chi connectivity index (χ1n) is 11.6. The van der Waals surface area contributed by atoms with Gasteiger partial charge in [-0.3, -0.25) is 14.5 Å². The molecular weight excluding hydrogens is 464 g/mol. The number of azide groups is 1. The summed E-state index contributed by atoms with van der Waals surface area (Å²) in [6, 6.07) is 17.6. The number of aliphatic hydroxyl groups is 1. The van der Waals surface area contributed by atoms with Gasteiger partial charge in [0.2, 0.25) is 0 Å². The van der Waals surface area contributed by atoms with Crippen molar-refractivity contribution in [2.45, 2.75) is 57.6 Å². The van der Waals surface area contributed by atoms with Crippen molar-refractivity contribution in [2.24, 2.45) is 5.11 Å². The van der Waals surface area contributed by atoms with E-state index in [2.05, 4.69) is 10.0 Å². The molecule has 0 radical (unpaired) electrons. The Balaban J connectivity index is 1.60. The van der Waals surface area contributed by atoms with Crippen molar-refractivity contribution in [3.8, 4) is 0 Å². The summed E-state index contributed by atoms with van der Waals surface area (Å²) in [5.74, 6) is -1.08. The lowest BCUT2D eigenvalue weighted by Crippen LogP contribution is -2.65. The number of carbonyl (C=O) groups excluding carboxylic acids is 2. The van der Waals surface area contributed by atoms with E-state index in [0.29, 0.717) is 0 Å². The summed E-state index contributed by atoms with van der Waals surface area (Å²) in [7, 11) is 0. The van der Waals surface area contributed by atoms with Crippen LogP contribution in [0.1, 0.15) is 25.0 Å². The minimum absolute atomic E-state index is 0.0242. The molecule has 188 valence electrons. The first-order valence-corrected chi connectivity index (χ1v) is 11.6. The van der Waals surface area contributed by atoms with E-state index in [1.54, 1.807) is 13.8 Å². The number of nitrogens with zero attached hydrogens (tertiary/aromatic N) is 4. The molecule has 0 aromatic heterocycles. The average molecular weight is 493 g/mol. The number of aliphatic hydroxyl groups excluding tert-OH is 1. The Labute approximate surface area is 208 Å². The Kier molecular flexibility index (Phi) is 8.14. The number of ether oxygens (including phenoxy) is 3. The molecule has 2 aliphatic rings. The molecule has 2 heterocycles. The van der Waals surface area contributed by atoms with Gasteiger partial charge in [0.15, 0.2) is 6.23 Å². The Bertz CT molecular complexity index is 1140. The van der Waals surface area contributed by atoms with Gasteiger partial charge in [0.05, 0.1) is 19.8 Å². The summed E-state index contributed by atoms with van der Waals surface area (Å²) in [5, 5.41) is 15.0. The second kappa shape index (κ2) is 11.5. The zero-order valence-electron chi connectivity index (χ0n) is 20.1. The molecule has 2 amide bonds. The summed E-state index contributed by atoms with van der Waals surface area (Å²) >= 11 is 0. The van der Waals surface area contributed by atoms with Crippen LogP contribution in [0.2, 0.25) is 0 Å². The minimum Gasteiger partial charge on any atom is -0.388 e. The molecule has 0 aliphatic carbocycles. The van der Waals surface area contributed by atoms with Gasteiger partial charge in [0.25, 0.3) is 11.8 Å². The quantitative estimate of drug-likeness (QED) is 0.247. The molecular formula is C26H28N4O6. The van der Waals surface area contributed by atoms with Crippen LogP contribution in [-0.4, -0.2) is 59.0 Å². The maximum absolute atomic E-state index is 13.0. The van der Waals surface area contributed by atoms with Crippen LogP contribution in [0.3, 0.4) is 0 Å². The van der Waals surface area contributed by atoms with Crippen LogP contribution in [0.5, 0.6) is 0 Å². The van der Waals surface area contributed by atoms with E-state index in [1.165, 1.54) is 0 Å². The van der Waals surface area contributed by atoms with Crippen molar-refractivity contribution in [1.29, 1.82) is 0 Å². The third-order valence-corrected chi connectivity index (χ3v) is 6.44. The first kappa shape index (κ1) is 25.6. The summed E-state index contributed by atoms with van der Waals surface area (Å²) in [4.78, 5) is 29.9. The van der Waals surface area contributed by atoms with Crippen molar-refractivity contribution in [3.63, 3.8) is 0 Å². The van der Waals surface area contributed by atoms with Crippen LogP contribution in [0, 0.1) is 0 Å². The highest BCUT2D eigenvalue weighted by atomic mass is 16.6. The Morgan fingerprint density at radius 3 is 2.08 bits per heavy atom. The molecule has 1 fully saturated rings. The molecule has 10 heteroatoms. The lowest BCUT2D eigenvalue weighted by molar-refractivity contribution is -0.229. The normalized spacial score (nSPS) is 26.3. The Hall–Kier alpha value is -3.53. The Morgan fingerprint density at radius 1 is 0.972 bits per heavy atom. The summed E-state index contributed by atoms with van der Waals surface area (Å²) in [6.07, 6.45) is -4.58. The zero-order valence-corrected chi connectivity index (χ0v) is 20.1. The fourth-order valence-corrected chi connectivity index (χ4v) is 4.35. The molecule has 0 spiro atoms. The lowest BCUT2D eigenvalue weighted by Gasteiger charge is -2.46. The average Bonchev–Trinajstić information content (AvgIpc) is 3.08. The van der Waals surface area contributed by atoms with Crippen molar-refractivity contribution in [2.75, 3.05) is 6.61 Å². The molecule has 5 atom stereocenters. The molecule has 1 N–H and O–H groups in total. The standard InChI is InChI=1S/C26H28N4O6/c1-16-17(2)26(33)30(25(16)32)21-23(35-14-19-11-7-4-8-12-19)22(31)20(36-24(21)28-29-27)15-34-13-18-9-5-3-6-10-18/h3-12,20-24,31H,13-15H2,1-2H3/t20-,21-,22-,23-,24-/m1/s1. The van der Waals surface area contributed by atoms with E-state index in [1.807, 2.05) is 60.7 Å². The van der Waals surface area contributed by atoms with E-state index in [9.17, 15) is 20.2 Å². The van der Waals surface area contributed by atoms with Gasteiger partial charge in [-0.15, -0.1) is 0 Å². The molecule has 36 heavy (non-hydrogen) atoms. The maximum atomic E-state index is 13.0. The number of benzene rings is 2. The molecule has 4 rings (SSSR count). The van der Waals surface area contributed by atoms with Crippen molar-refractivity contribution in [1.82, 2.24) is 4.90 Å². The van der Waals surface area contributed by atoms with Crippen LogP contribution in [0.4, 0.5) is 0 Å². The summed E-state index contributed by atoms with van der Waals surface area (Å²) < 4.78 is 17.8. The molecule has 0 saturated carbocycles. The molecule has 1 saturated heterocycles. The van der Waals surface area contributed by atoms with Gasteiger partial charge in [-0.25, -0.2) is 0 Å². The molecule has 2 aromatic carbocycles. The number of imide groups is 1. The van der Waals surface area contributed by atoms with E-state index in [0.717, 1.165) is 16.0 Å². The molecule has 0 unspecified atom stereocenters. The number of hydrogen-bond acceptors (Lipinski definition) is 7. The van der Waals surface area contributed by atoms with Gasteiger partial charge >= 0.3 is 0 Å². The predicted octanol–water partition coefficient (Wildman–Crippen LogP) is 3.26. The van der Waals surface area contributed by atoms with Crippen LogP contribution in [-0.2, 0) is 37.0 Å². The monoisotopic (exact) mass is 492 g/mol. The van der Waals surface area contributed by atoms with Gasteiger partial charge in [0.1, 0.15) is 24.4 Å². The van der Waals surface area contributed by atoms with Crippen LogP contribution < -0.4 is 0 Å².